The summed E-state index contributed by atoms with van der Waals surface area (Å²) in [5.74, 6) is 0.418. The van der Waals surface area contributed by atoms with Gasteiger partial charge >= 0.3 is 0 Å². The Kier molecular flexibility index (Phi) is 9.63. The molecule has 0 unspecified atom stereocenters. The van der Waals surface area contributed by atoms with Crippen LogP contribution < -0.4 is 4.74 Å². The molecule has 3 N–H and O–H groups in total. The average molecular weight is 525 g/mol. The highest BCUT2D eigenvalue weighted by molar-refractivity contribution is 5.96. The molecule has 0 amide bonds. The lowest BCUT2D eigenvalue weighted by Gasteiger charge is -2.17. The number of ether oxygens (including phenoxy) is 1. The first-order valence-corrected chi connectivity index (χ1v) is 13.6. The number of carbonyl (C=O) groups excluding carboxylic acids is 1. The normalized spacial score (nSPS) is 12.1. The zero-order chi connectivity index (χ0) is 27.6. The average Bonchev–Trinajstić information content (AvgIpc) is 2.93. The Morgan fingerprint density at radius 2 is 1.56 bits per heavy atom. The molecule has 0 aromatic heterocycles. The lowest BCUT2D eigenvalue weighted by molar-refractivity contribution is -0.116. The highest BCUT2D eigenvalue weighted by atomic mass is 16.5. The van der Waals surface area contributed by atoms with E-state index in [1.54, 1.807) is 42.5 Å². The van der Waals surface area contributed by atoms with E-state index in [2.05, 4.69) is 6.92 Å². The van der Waals surface area contributed by atoms with E-state index in [4.69, 9.17) is 4.74 Å². The van der Waals surface area contributed by atoms with Crippen LogP contribution >= 0.6 is 0 Å². The molecule has 0 fully saturated rings. The molecule has 5 nitrogen and oxygen atoms in total. The summed E-state index contributed by atoms with van der Waals surface area (Å²) in [6, 6.07) is 23.3. The van der Waals surface area contributed by atoms with E-state index in [1.165, 1.54) is 0 Å². The summed E-state index contributed by atoms with van der Waals surface area (Å²) in [5, 5.41) is 31.7. The van der Waals surface area contributed by atoms with Gasteiger partial charge in [0, 0.05) is 6.42 Å². The molecule has 4 aromatic rings. The lowest BCUT2D eigenvalue weighted by Crippen LogP contribution is -2.13. The monoisotopic (exact) mass is 524 g/mol. The molecule has 0 aliphatic rings. The van der Waals surface area contributed by atoms with Crippen molar-refractivity contribution in [2.75, 3.05) is 6.61 Å². The summed E-state index contributed by atoms with van der Waals surface area (Å²) in [6.07, 6.45) is 8.93. The highest BCUT2D eigenvalue weighted by Gasteiger charge is 2.20. The highest BCUT2D eigenvalue weighted by Crippen LogP contribution is 2.32. The van der Waals surface area contributed by atoms with E-state index < -0.39 is 5.92 Å². The quantitative estimate of drug-likeness (QED) is 0.124. The number of ketones is 1. The van der Waals surface area contributed by atoms with Gasteiger partial charge in [0.15, 0.2) is 17.3 Å². The van der Waals surface area contributed by atoms with Gasteiger partial charge < -0.3 is 20.1 Å². The Morgan fingerprint density at radius 3 is 2.36 bits per heavy atom. The summed E-state index contributed by atoms with van der Waals surface area (Å²) in [4.78, 5) is 13.5. The van der Waals surface area contributed by atoms with Gasteiger partial charge in [0.05, 0.1) is 12.5 Å². The van der Waals surface area contributed by atoms with Crippen LogP contribution in [0.4, 0.5) is 0 Å². The fraction of sp³-hybridized carbons (Fsp3) is 0.265. The van der Waals surface area contributed by atoms with Crippen molar-refractivity contribution in [3.05, 3.63) is 108 Å². The molecule has 1 atom stereocenters. The van der Waals surface area contributed by atoms with Gasteiger partial charge in [0.1, 0.15) is 11.5 Å². The fourth-order valence-corrected chi connectivity index (χ4v) is 4.66. The Hall–Kier alpha value is -4.25. The van der Waals surface area contributed by atoms with Crippen LogP contribution in [0.2, 0.25) is 0 Å². The molecule has 0 aliphatic carbocycles. The SMILES string of the molecule is CCCCCC=CC(=O)[C@H](Cc1ccc(O)c(OCCc2ccc(O)cc2)c1)c1ccc2ccc(O)cc2c1. The molecule has 0 saturated carbocycles. The molecule has 0 aliphatic heterocycles. The van der Waals surface area contributed by atoms with Crippen molar-refractivity contribution in [2.24, 2.45) is 0 Å². The summed E-state index contributed by atoms with van der Waals surface area (Å²) in [5.41, 5.74) is 2.77. The first kappa shape index (κ1) is 27.8. The minimum atomic E-state index is -0.423. The number of hydrogen-bond acceptors (Lipinski definition) is 5. The number of rotatable bonds is 13. The van der Waals surface area contributed by atoms with Gasteiger partial charge in [0.25, 0.3) is 0 Å². The predicted molar refractivity (Wildman–Crippen MR) is 156 cm³/mol. The summed E-state index contributed by atoms with van der Waals surface area (Å²) in [7, 11) is 0. The van der Waals surface area contributed by atoms with Crippen LogP contribution in [-0.2, 0) is 17.6 Å². The molecule has 5 heteroatoms. The molecule has 202 valence electrons. The van der Waals surface area contributed by atoms with Crippen LogP contribution in [0.1, 0.15) is 55.2 Å². The molecule has 39 heavy (non-hydrogen) atoms. The maximum Gasteiger partial charge on any atom is 0.163 e. The van der Waals surface area contributed by atoms with E-state index in [-0.39, 0.29) is 23.0 Å². The first-order chi connectivity index (χ1) is 18.9. The second kappa shape index (κ2) is 13.5. The second-order valence-electron chi connectivity index (χ2n) is 9.92. The van der Waals surface area contributed by atoms with Gasteiger partial charge in [-0.05, 0) is 89.2 Å². The maximum absolute atomic E-state index is 13.5. The number of fused-ring (bicyclic) bond motifs is 1. The van der Waals surface area contributed by atoms with Crippen LogP contribution in [0, 0.1) is 0 Å². The third kappa shape index (κ3) is 7.87. The largest absolute Gasteiger partial charge is 0.508 e. The van der Waals surface area contributed by atoms with Crippen molar-refractivity contribution in [3.63, 3.8) is 0 Å². The predicted octanol–water partition coefficient (Wildman–Crippen LogP) is 7.61. The Labute approximate surface area is 230 Å². The standard InChI is InChI=1S/C34H36O5/c1-2-3-4-5-6-7-32(37)31(27-12-11-26-13-16-30(36)23-28(26)22-27)20-25-10-17-33(38)34(21-25)39-19-18-24-8-14-29(35)15-9-24/h6-17,21-23,31,35-36,38H,2-5,18-20H2,1H3/t31-/m1/s1. The van der Waals surface area contributed by atoms with E-state index in [0.29, 0.717) is 25.2 Å². The van der Waals surface area contributed by atoms with E-state index in [1.807, 2.05) is 48.5 Å². The van der Waals surface area contributed by atoms with Crippen molar-refractivity contribution in [1.29, 1.82) is 0 Å². The molecule has 0 heterocycles. The topological polar surface area (TPSA) is 87.0 Å². The van der Waals surface area contributed by atoms with Crippen molar-refractivity contribution in [1.82, 2.24) is 0 Å². The first-order valence-electron chi connectivity index (χ1n) is 13.6. The third-order valence-corrected chi connectivity index (χ3v) is 6.90. The minimum absolute atomic E-state index is 0.0221. The van der Waals surface area contributed by atoms with Crippen molar-refractivity contribution >= 4 is 16.6 Å². The second-order valence-corrected chi connectivity index (χ2v) is 9.92. The fourth-order valence-electron chi connectivity index (χ4n) is 4.66. The molecule has 4 aromatic carbocycles. The van der Waals surface area contributed by atoms with Gasteiger partial charge in [-0.25, -0.2) is 0 Å². The van der Waals surface area contributed by atoms with E-state index in [0.717, 1.165) is 53.1 Å². The van der Waals surface area contributed by atoms with Gasteiger partial charge in [0.2, 0.25) is 0 Å². The maximum atomic E-state index is 13.5. The number of carbonyl (C=O) groups is 1. The number of benzene rings is 4. The molecular weight excluding hydrogens is 488 g/mol. The Morgan fingerprint density at radius 1 is 0.821 bits per heavy atom. The summed E-state index contributed by atoms with van der Waals surface area (Å²) < 4.78 is 5.89. The molecule has 4 rings (SSSR count). The lowest BCUT2D eigenvalue weighted by atomic mass is 9.87. The molecule has 0 radical (unpaired) electrons. The van der Waals surface area contributed by atoms with Crippen LogP contribution in [0.15, 0.2) is 91.0 Å². The zero-order valence-corrected chi connectivity index (χ0v) is 22.3. The molecular formula is C34H36O5. The van der Waals surface area contributed by atoms with Crippen molar-refractivity contribution < 1.29 is 24.9 Å². The van der Waals surface area contributed by atoms with Crippen molar-refractivity contribution in [3.8, 4) is 23.0 Å². The van der Waals surface area contributed by atoms with Crippen molar-refractivity contribution in [2.45, 2.75) is 51.4 Å². The summed E-state index contributed by atoms with van der Waals surface area (Å²) in [6.45, 7) is 2.52. The van der Waals surface area contributed by atoms with E-state index >= 15 is 0 Å². The number of aromatic hydroxyl groups is 3. The smallest absolute Gasteiger partial charge is 0.163 e. The van der Waals surface area contributed by atoms with Gasteiger partial charge in [-0.15, -0.1) is 0 Å². The number of unbranched alkanes of at least 4 members (excludes halogenated alkanes) is 3. The number of allylic oxidation sites excluding steroid dienone is 2. The van der Waals surface area contributed by atoms with Crippen LogP contribution in [0.3, 0.4) is 0 Å². The van der Waals surface area contributed by atoms with E-state index in [9.17, 15) is 20.1 Å². The summed E-state index contributed by atoms with van der Waals surface area (Å²) >= 11 is 0. The van der Waals surface area contributed by atoms with Crippen LogP contribution in [-0.4, -0.2) is 27.7 Å². The Balaban J connectivity index is 1.54. The van der Waals surface area contributed by atoms with Gasteiger partial charge in [-0.3, -0.25) is 4.79 Å². The van der Waals surface area contributed by atoms with Gasteiger partial charge in [-0.2, -0.15) is 0 Å². The number of hydrogen-bond donors (Lipinski definition) is 3. The number of phenols is 3. The molecule has 0 saturated heterocycles. The zero-order valence-electron chi connectivity index (χ0n) is 22.3. The minimum Gasteiger partial charge on any atom is -0.508 e. The Bertz CT molecular complexity index is 1420. The third-order valence-electron chi connectivity index (χ3n) is 6.90. The molecule has 0 bridgehead atoms. The number of phenolic OH excluding ortho intramolecular Hbond substituents is 3. The van der Waals surface area contributed by atoms with Gasteiger partial charge in [-0.1, -0.05) is 68.3 Å². The van der Waals surface area contributed by atoms with Crippen LogP contribution in [0.25, 0.3) is 10.8 Å². The van der Waals surface area contributed by atoms with Crippen LogP contribution in [0.5, 0.6) is 23.0 Å². The molecule has 0 spiro atoms.